The molecular formula is C24H17BrO6. The highest BCUT2D eigenvalue weighted by atomic mass is 79.9. The van der Waals surface area contributed by atoms with Gasteiger partial charge in [0.2, 0.25) is 5.78 Å². The number of benzene rings is 3. The first kappa shape index (κ1) is 20.7. The third-order valence-corrected chi connectivity index (χ3v) is 5.14. The second-order valence-electron chi connectivity index (χ2n) is 6.64. The van der Waals surface area contributed by atoms with Crippen LogP contribution in [0.25, 0.3) is 6.08 Å². The fraction of sp³-hybridized carbons (Fsp3) is 0.0833. The Balaban J connectivity index is 1.55. The summed E-state index contributed by atoms with van der Waals surface area (Å²) in [5, 5.41) is 0. The standard InChI is InChI=1S/C24H17BrO6/c1-28-18-10-15(11-19(12-18)29-2)24(27)30-17-7-8-20-21(13-17)31-22(23(20)26)9-14-3-5-16(25)6-4-14/h3-13H,1-2H3/b22-9-. The molecule has 6 nitrogen and oxygen atoms in total. The number of Topliss-reactive ketones (excluding diaryl/α,β-unsaturated/α-hetero) is 1. The van der Waals surface area contributed by atoms with Gasteiger partial charge in [-0.1, -0.05) is 28.1 Å². The average Bonchev–Trinajstić information content (AvgIpc) is 3.09. The van der Waals surface area contributed by atoms with Gasteiger partial charge in [0.1, 0.15) is 23.0 Å². The Morgan fingerprint density at radius 3 is 2.23 bits per heavy atom. The molecule has 0 atom stereocenters. The van der Waals surface area contributed by atoms with Gasteiger partial charge in [-0.15, -0.1) is 0 Å². The lowest BCUT2D eigenvalue weighted by molar-refractivity contribution is 0.0733. The molecule has 156 valence electrons. The number of carbonyl (C=O) groups excluding carboxylic acids is 2. The molecular weight excluding hydrogens is 464 g/mol. The number of esters is 1. The third kappa shape index (κ3) is 4.46. The van der Waals surface area contributed by atoms with E-state index < -0.39 is 5.97 Å². The summed E-state index contributed by atoms with van der Waals surface area (Å²) in [5.74, 6) is 0.915. The number of carbonyl (C=O) groups is 2. The molecule has 0 aliphatic carbocycles. The highest BCUT2D eigenvalue weighted by Gasteiger charge is 2.28. The van der Waals surface area contributed by atoms with Gasteiger partial charge in [0.25, 0.3) is 0 Å². The molecule has 0 fully saturated rings. The van der Waals surface area contributed by atoms with Crippen molar-refractivity contribution in [1.82, 2.24) is 0 Å². The highest BCUT2D eigenvalue weighted by Crippen LogP contribution is 2.35. The molecule has 4 rings (SSSR count). The molecule has 3 aromatic rings. The molecule has 0 spiro atoms. The minimum absolute atomic E-state index is 0.207. The van der Waals surface area contributed by atoms with Crippen molar-refractivity contribution in [2.75, 3.05) is 14.2 Å². The molecule has 0 N–H and O–H groups in total. The third-order valence-electron chi connectivity index (χ3n) is 4.61. The molecule has 0 saturated carbocycles. The van der Waals surface area contributed by atoms with Crippen LogP contribution in [0.2, 0.25) is 0 Å². The van der Waals surface area contributed by atoms with E-state index in [-0.39, 0.29) is 22.9 Å². The molecule has 0 unspecified atom stereocenters. The fourth-order valence-corrected chi connectivity index (χ4v) is 3.30. The van der Waals surface area contributed by atoms with Gasteiger partial charge in [0, 0.05) is 16.6 Å². The fourth-order valence-electron chi connectivity index (χ4n) is 3.03. The van der Waals surface area contributed by atoms with E-state index in [0.29, 0.717) is 22.8 Å². The smallest absolute Gasteiger partial charge is 0.343 e. The Bertz CT molecular complexity index is 1170. The van der Waals surface area contributed by atoms with Gasteiger partial charge < -0.3 is 18.9 Å². The summed E-state index contributed by atoms with van der Waals surface area (Å²) in [7, 11) is 3.00. The first-order valence-corrected chi connectivity index (χ1v) is 10.1. The second-order valence-corrected chi connectivity index (χ2v) is 7.56. The van der Waals surface area contributed by atoms with Gasteiger partial charge in [-0.25, -0.2) is 4.79 Å². The molecule has 1 aliphatic rings. The molecule has 0 amide bonds. The number of rotatable bonds is 5. The second kappa shape index (κ2) is 8.65. The summed E-state index contributed by atoms with van der Waals surface area (Å²) in [4.78, 5) is 25.2. The Morgan fingerprint density at radius 1 is 0.903 bits per heavy atom. The van der Waals surface area contributed by atoms with Crippen molar-refractivity contribution < 1.29 is 28.5 Å². The van der Waals surface area contributed by atoms with Crippen LogP contribution in [0.3, 0.4) is 0 Å². The summed E-state index contributed by atoms with van der Waals surface area (Å²) in [6, 6.07) is 16.9. The largest absolute Gasteiger partial charge is 0.497 e. The minimum Gasteiger partial charge on any atom is -0.497 e. The molecule has 0 bridgehead atoms. The Hall–Kier alpha value is -3.58. The normalized spacial score (nSPS) is 13.5. The van der Waals surface area contributed by atoms with E-state index in [9.17, 15) is 9.59 Å². The lowest BCUT2D eigenvalue weighted by Gasteiger charge is -2.09. The number of methoxy groups -OCH3 is 2. The monoisotopic (exact) mass is 480 g/mol. The number of fused-ring (bicyclic) bond motifs is 1. The zero-order chi connectivity index (χ0) is 22.0. The van der Waals surface area contributed by atoms with Crippen molar-refractivity contribution >= 4 is 33.8 Å². The number of hydrogen-bond acceptors (Lipinski definition) is 6. The minimum atomic E-state index is -0.591. The molecule has 0 radical (unpaired) electrons. The van der Waals surface area contributed by atoms with Crippen LogP contribution in [0.1, 0.15) is 26.3 Å². The van der Waals surface area contributed by atoms with Crippen molar-refractivity contribution in [3.8, 4) is 23.0 Å². The van der Waals surface area contributed by atoms with E-state index in [1.807, 2.05) is 24.3 Å². The quantitative estimate of drug-likeness (QED) is 0.280. The van der Waals surface area contributed by atoms with E-state index in [1.54, 1.807) is 36.4 Å². The molecule has 3 aromatic carbocycles. The van der Waals surface area contributed by atoms with Crippen molar-refractivity contribution in [2.45, 2.75) is 0 Å². The maximum absolute atomic E-state index is 12.6. The number of halogens is 1. The zero-order valence-electron chi connectivity index (χ0n) is 16.7. The summed E-state index contributed by atoms with van der Waals surface area (Å²) in [6.45, 7) is 0. The van der Waals surface area contributed by atoms with E-state index in [4.69, 9.17) is 18.9 Å². The molecule has 1 aliphatic heterocycles. The van der Waals surface area contributed by atoms with Crippen molar-refractivity contribution in [1.29, 1.82) is 0 Å². The summed E-state index contributed by atoms with van der Waals surface area (Å²) in [5.41, 5.74) is 1.51. The first-order valence-electron chi connectivity index (χ1n) is 9.26. The van der Waals surface area contributed by atoms with Crippen LogP contribution in [0.15, 0.2) is 70.9 Å². The lowest BCUT2D eigenvalue weighted by atomic mass is 10.1. The van der Waals surface area contributed by atoms with Crippen molar-refractivity contribution in [3.63, 3.8) is 0 Å². The Kier molecular flexibility index (Phi) is 5.77. The van der Waals surface area contributed by atoms with Crippen LogP contribution in [-0.2, 0) is 0 Å². The van der Waals surface area contributed by atoms with Crippen LogP contribution in [0, 0.1) is 0 Å². The van der Waals surface area contributed by atoms with Gasteiger partial charge in [-0.05, 0) is 48.0 Å². The molecule has 0 aromatic heterocycles. The molecule has 7 heteroatoms. The van der Waals surface area contributed by atoms with Crippen LogP contribution in [0.4, 0.5) is 0 Å². The molecule has 0 saturated heterocycles. The SMILES string of the molecule is COc1cc(OC)cc(C(=O)Oc2ccc3c(c2)O/C(=C\c2ccc(Br)cc2)C3=O)c1. The topological polar surface area (TPSA) is 71.1 Å². The number of ether oxygens (including phenoxy) is 4. The predicted molar refractivity (Wildman–Crippen MR) is 118 cm³/mol. The van der Waals surface area contributed by atoms with Gasteiger partial charge >= 0.3 is 5.97 Å². The van der Waals surface area contributed by atoms with Gasteiger partial charge in [0.05, 0.1) is 25.3 Å². The Labute approximate surface area is 187 Å². The maximum atomic E-state index is 12.6. The zero-order valence-corrected chi connectivity index (χ0v) is 18.3. The summed E-state index contributed by atoms with van der Waals surface area (Å²) >= 11 is 3.38. The van der Waals surface area contributed by atoms with Gasteiger partial charge in [0.15, 0.2) is 5.76 Å². The first-order chi connectivity index (χ1) is 15.0. The van der Waals surface area contributed by atoms with E-state index in [1.165, 1.54) is 20.3 Å². The van der Waals surface area contributed by atoms with Crippen LogP contribution in [0.5, 0.6) is 23.0 Å². The average molecular weight is 481 g/mol. The highest BCUT2D eigenvalue weighted by molar-refractivity contribution is 9.10. The lowest BCUT2D eigenvalue weighted by Crippen LogP contribution is -2.09. The maximum Gasteiger partial charge on any atom is 0.343 e. The summed E-state index contributed by atoms with van der Waals surface area (Å²) in [6.07, 6.45) is 1.67. The predicted octanol–water partition coefficient (Wildman–Crippen LogP) is 5.30. The molecule has 31 heavy (non-hydrogen) atoms. The number of ketones is 1. The summed E-state index contributed by atoms with van der Waals surface area (Å²) < 4.78 is 22.5. The van der Waals surface area contributed by atoms with Crippen LogP contribution < -0.4 is 18.9 Å². The Morgan fingerprint density at radius 2 is 1.58 bits per heavy atom. The number of hydrogen-bond donors (Lipinski definition) is 0. The van der Waals surface area contributed by atoms with Crippen molar-refractivity contribution in [3.05, 3.63) is 87.6 Å². The van der Waals surface area contributed by atoms with Gasteiger partial charge in [-0.3, -0.25) is 4.79 Å². The van der Waals surface area contributed by atoms with E-state index in [2.05, 4.69) is 15.9 Å². The van der Waals surface area contributed by atoms with E-state index >= 15 is 0 Å². The number of allylic oxidation sites excluding steroid dienone is 1. The van der Waals surface area contributed by atoms with Crippen LogP contribution in [-0.4, -0.2) is 26.0 Å². The van der Waals surface area contributed by atoms with Crippen molar-refractivity contribution in [2.24, 2.45) is 0 Å². The van der Waals surface area contributed by atoms with Gasteiger partial charge in [-0.2, -0.15) is 0 Å². The van der Waals surface area contributed by atoms with E-state index in [0.717, 1.165) is 10.0 Å². The molecule has 1 heterocycles. The van der Waals surface area contributed by atoms with Crippen LogP contribution >= 0.6 is 15.9 Å².